The SMILES string of the molecule is CC(C)C(C)NC(=O)C1CCN(Cc2c(F)cccc2Cl)CC1. The van der Waals surface area contributed by atoms with Gasteiger partial charge in [-0.3, -0.25) is 9.69 Å². The van der Waals surface area contributed by atoms with Crippen molar-refractivity contribution in [1.29, 1.82) is 0 Å². The molecule has 0 aromatic heterocycles. The number of benzene rings is 1. The number of halogens is 2. The van der Waals surface area contributed by atoms with Crippen molar-refractivity contribution in [1.82, 2.24) is 10.2 Å². The lowest BCUT2D eigenvalue weighted by Gasteiger charge is -2.32. The third-order valence-corrected chi connectivity index (χ3v) is 5.13. The summed E-state index contributed by atoms with van der Waals surface area (Å²) < 4.78 is 13.9. The first-order valence-electron chi connectivity index (χ1n) is 8.34. The highest BCUT2D eigenvalue weighted by Gasteiger charge is 2.26. The molecule has 1 amide bonds. The van der Waals surface area contributed by atoms with Crippen LogP contribution in [-0.2, 0) is 11.3 Å². The van der Waals surface area contributed by atoms with Crippen LogP contribution in [-0.4, -0.2) is 29.9 Å². The number of carbonyl (C=O) groups is 1. The molecule has 1 atom stereocenters. The molecule has 0 saturated carbocycles. The number of rotatable bonds is 5. The van der Waals surface area contributed by atoms with E-state index in [4.69, 9.17) is 11.6 Å². The Kier molecular flexibility index (Phi) is 6.42. The number of nitrogens with one attached hydrogen (secondary N) is 1. The summed E-state index contributed by atoms with van der Waals surface area (Å²) in [7, 11) is 0. The monoisotopic (exact) mass is 340 g/mol. The van der Waals surface area contributed by atoms with Crippen molar-refractivity contribution in [3.8, 4) is 0 Å². The molecular weight excluding hydrogens is 315 g/mol. The molecule has 1 fully saturated rings. The zero-order chi connectivity index (χ0) is 17.0. The first kappa shape index (κ1) is 18.2. The van der Waals surface area contributed by atoms with E-state index in [0.717, 1.165) is 25.9 Å². The summed E-state index contributed by atoms with van der Waals surface area (Å²) in [6.45, 7) is 8.33. The summed E-state index contributed by atoms with van der Waals surface area (Å²) in [5.74, 6) is 0.378. The Bertz CT molecular complexity index is 522. The molecule has 1 unspecified atom stereocenters. The second kappa shape index (κ2) is 8.11. The zero-order valence-corrected chi connectivity index (χ0v) is 14.9. The summed E-state index contributed by atoms with van der Waals surface area (Å²) in [5, 5.41) is 3.56. The molecule has 1 heterocycles. The second-order valence-corrected chi connectivity index (χ2v) is 7.20. The predicted octanol–water partition coefficient (Wildman–Crippen LogP) is 3.85. The van der Waals surface area contributed by atoms with Crippen molar-refractivity contribution in [2.75, 3.05) is 13.1 Å². The third-order valence-electron chi connectivity index (χ3n) is 4.77. The molecular formula is C18H26ClFN2O. The molecule has 23 heavy (non-hydrogen) atoms. The van der Waals surface area contributed by atoms with Crippen LogP contribution in [0.1, 0.15) is 39.2 Å². The van der Waals surface area contributed by atoms with Crippen LogP contribution in [0.5, 0.6) is 0 Å². The lowest BCUT2D eigenvalue weighted by Crippen LogP contribution is -2.44. The van der Waals surface area contributed by atoms with E-state index in [1.165, 1.54) is 6.07 Å². The molecule has 128 valence electrons. The Morgan fingerprint density at radius 3 is 2.57 bits per heavy atom. The molecule has 0 bridgehead atoms. The van der Waals surface area contributed by atoms with E-state index in [1.54, 1.807) is 12.1 Å². The summed E-state index contributed by atoms with van der Waals surface area (Å²) in [5.41, 5.74) is 0.547. The van der Waals surface area contributed by atoms with Crippen molar-refractivity contribution in [2.45, 2.75) is 46.2 Å². The van der Waals surface area contributed by atoms with Crippen molar-refractivity contribution in [3.05, 3.63) is 34.6 Å². The summed E-state index contributed by atoms with van der Waals surface area (Å²) in [6, 6.07) is 4.97. The van der Waals surface area contributed by atoms with Crippen LogP contribution in [0.15, 0.2) is 18.2 Å². The van der Waals surface area contributed by atoms with Crippen LogP contribution in [0.25, 0.3) is 0 Å². The van der Waals surface area contributed by atoms with Crippen molar-refractivity contribution in [3.63, 3.8) is 0 Å². The van der Waals surface area contributed by atoms with Gasteiger partial charge in [-0.05, 0) is 50.9 Å². The largest absolute Gasteiger partial charge is 0.353 e. The number of hydrogen-bond acceptors (Lipinski definition) is 2. The molecule has 1 saturated heterocycles. The van der Waals surface area contributed by atoms with Crippen LogP contribution in [0.3, 0.4) is 0 Å². The van der Waals surface area contributed by atoms with Crippen LogP contribution in [0.4, 0.5) is 4.39 Å². The topological polar surface area (TPSA) is 32.3 Å². The lowest BCUT2D eigenvalue weighted by molar-refractivity contribution is -0.127. The summed E-state index contributed by atoms with van der Waals surface area (Å²) in [4.78, 5) is 14.4. The molecule has 1 aliphatic rings. The average Bonchev–Trinajstić information content (AvgIpc) is 2.51. The molecule has 1 aliphatic heterocycles. The minimum absolute atomic E-state index is 0.0588. The number of nitrogens with zero attached hydrogens (tertiary/aromatic N) is 1. The molecule has 1 N–H and O–H groups in total. The Balaban J connectivity index is 1.85. The zero-order valence-electron chi connectivity index (χ0n) is 14.1. The summed E-state index contributed by atoms with van der Waals surface area (Å²) >= 11 is 6.08. The molecule has 5 heteroatoms. The highest BCUT2D eigenvalue weighted by Crippen LogP contribution is 2.24. The quantitative estimate of drug-likeness (QED) is 0.883. The molecule has 3 nitrogen and oxygen atoms in total. The van der Waals surface area contributed by atoms with E-state index in [9.17, 15) is 9.18 Å². The molecule has 1 aromatic carbocycles. The Morgan fingerprint density at radius 2 is 2.00 bits per heavy atom. The fourth-order valence-corrected chi connectivity index (χ4v) is 2.99. The Hall–Kier alpha value is -1.13. The van der Waals surface area contributed by atoms with Gasteiger partial charge in [-0.2, -0.15) is 0 Å². The molecule has 0 spiro atoms. The van der Waals surface area contributed by atoms with Crippen LogP contribution in [0, 0.1) is 17.7 Å². The highest BCUT2D eigenvalue weighted by atomic mass is 35.5. The smallest absolute Gasteiger partial charge is 0.223 e. The molecule has 2 rings (SSSR count). The highest BCUT2D eigenvalue weighted by molar-refractivity contribution is 6.31. The van der Waals surface area contributed by atoms with Gasteiger partial charge in [0.2, 0.25) is 5.91 Å². The van der Waals surface area contributed by atoms with Gasteiger partial charge in [0.15, 0.2) is 0 Å². The fourth-order valence-electron chi connectivity index (χ4n) is 2.77. The maximum absolute atomic E-state index is 13.9. The second-order valence-electron chi connectivity index (χ2n) is 6.79. The van der Waals surface area contributed by atoms with Crippen LogP contribution < -0.4 is 5.32 Å². The molecule has 0 aliphatic carbocycles. The number of piperidine rings is 1. The standard InChI is InChI=1S/C18H26ClFN2O/c1-12(2)13(3)21-18(23)14-7-9-22(10-8-14)11-15-16(19)5-4-6-17(15)20/h4-6,12-14H,7-11H2,1-3H3,(H,21,23). The normalized spacial score (nSPS) is 18.2. The van der Waals surface area contributed by atoms with Crippen LogP contribution >= 0.6 is 11.6 Å². The minimum atomic E-state index is -0.261. The van der Waals surface area contributed by atoms with Gasteiger partial charge in [0.25, 0.3) is 0 Å². The van der Waals surface area contributed by atoms with Crippen LogP contribution in [0.2, 0.25) is 5.02 Å². The van der Waals surface area contributed by atoms with E-state index in [2.05, 4.69) is 24.1 Å². The number of amides is 1. The maximum Gasteiger partial charge on any atom is 0.223 e. The lowest BCUT2D eigenvalue weighted by atomic mass is 9.94. The van der Waals surface area contributed by atoms with E-state index >= 15 is 0 Å². The van der Waals surface area contributed by atoms with Gasteiger partial charge >= 0.3 is 0 Å². The molecule has 1 aromatic rings. The van der Waals surface area contributed by atoms with Crippen molar-refractivity contribution >= 4 is 17.5 Å². The number of carbonyl (C=O) groups excluding carboxylic acids is 1. The first-order valence-corrected chi connectivity index (χ1v) is 8.72. The van der Waals surface area contributed by atoms with Gasteiger partial charge in [0.05, 0.1) is 0 Å². The van der Waals surface area contributed by atoms with E-state index in [1.807, 2.05) is 6.92 Å². The third kappa shape index (κ3) is 4.92. The molecule has 0 radical (unpaired) electrons. The Morgan fingerprint density at radius 1 is 1.35 bits per heavy atom. The van der Waals surface area contributed by atoms with E-state index in [0.29, 0.717) is 23.0 Å². The predicted molar refractivity (Wildman–Crippen MR) is 91.9 cm³/mol. The maximum atomic E-state index is 13.9. The van der Waals surface area contributed by atoms with Crippen molar-refractivity contribution in [2.24, 2.45) is 11.8 Å². The van der Waals surface area contributed by atoms with Gasteiger partial charge < -0.3 is 5.32 Å². The van der Waals surface area contributed by atoms with Gasteiger partial charge in [-0.15, -0.1) is 0 Å². The van der Waals surface area contributed by atoms with Gasteiger partial charge in [-0.1, -0.05) is 31.5 Å². The van der Waals surface area contributed by atoms with Gasteiger partial charge in [0.1, 0.15) is 5.82 Å². The van der Waals surface area contributed by atoms with Gasteiger partial charge in [-0.25, -0.2) is 4.39 Å². The average molecular weight is 341 g/mol. The fraction of sp³-hybridized carbons (Fsp3) is 0.611. The van der Waals surface area contributed by atoms with Crippen molar-refractivity contribution < 1.29 is 9.18 Å². The Labute approximate surface area is 143 Å². The first-order chi connectivity index (χ1) is 10.9. The summed E-state index contributed by atoms with van der Waals surface area (Å²) in [6.07, 6.45) is 1.62. The number of likely N-dealkylation sites (tertiary alicyclic amines) is 1. The van der Waals surface area contributed by atoms with E-state index in [-0.39, 0.29) is 23.7 Å². The minimum Gasteiger partial charge on any atom is -0.353 e. The van der Waals surface area contributed by atoms with E-state index < -0.39 is 0 Å². The van der Waals surface area contributed by atoms with Gasteiger partial charge in [0, 0.05) is 29.1 Å². The number of hydrogen-bond donors (Lipinski definition) is 1.